The molecule has 0 saturated carbocycles. The summed E-state index contributed by atoms with van der Waals surface area (Å²) in [5, 5.41) is 16.8. The summed E-state index contributed by atoms with van der Waals surface area (Å²) in [6.45, 7) is 0.0806. The molecule has 0 fully saturated rings. The van der Waals surface area contributed by atoms with Crippen LogP contribution in [-0.2, 0) is 22.6 Å². The topological polar surface area (TPSA) is 101 Å². The first-order valence-electron chi connectivity index (χ1n) is 6.11. The van der Waals surface area contributed by atoms with Gasteiger partial charge in [0, 0.05) is 11.8 Å². The van der Waals surface area contributed by atoms with Gasteiger partial charge < -0.3 is 15.2 Å². The zero-order chi connectivity index (χ0) is 15.1. The van der Waals surface area contributed by atoms with E-state index < -0.39 is 18.1 Å². The Labute approximate surface area is 124 Å². The number of alkyl carbamates (subject to hydrolysis) is 1. The molecule has 7 nitrogen and oxygen atoms in total. The van der Waals surface area contributed by atoms with Crippen molar-refractivity contribution in [2.24, 2.45) is 0 Å². The number of carboxylic acid groups (broad SMARTS) is 1. The Hall–Kier alpha value is -2.48. The van der Waals surface area contributed by atoms with E-state index in [1.54, 1.807) is 5.38 Å². The van der Waals surface area contributed by atoms with Crippen LogP contribution in [0.2, 0.25) is 0 Å². The number of ether oxygens (including phenoxy) is 1. The normalized spacial score (nSPS) is 11.6. The largest absolute Gasteiger partial charge is 0.480 e. The molecule has 2 rings (SSSR count). The van der Waals surface area contributed by atoms with E-state index in [0.29, 0.717) is 5.69 Å². The molecule has 0 bridgehead atoms. The lowest BCUT2D eigenvalue weighted by Gasteiger charge is -2.13. The SMILES string of the molecule is O=C(NC(Cc1csnn1)C(=O)O)OCc1ccccc1. The van der Waals surface area contributed by atoms with Crippen molar-refractivity contribution in [3.8, 4) is 0 Å². The molecule has 0 aliphatic rings. The van der Waals surface area contributed by atoms with Crippen LogP contribution in [-0.4, -0.2) is 32.8 Å². The first-order chi connectivity index (χ1) is 10.1. The molecule has 0 spiro atoms. The lowest BCUT2D eigenvalue weighted by molar-refractivity contribution is -0.139. The summed E-state index contributed by atoms with van der Waals surface area (Å²) in [6.07, 6.45) is -0.721. The van der Waals surface area contributed by atoms with Gasteiger partial charge in [-0.05, 0) is 17.1 Å². The number of carboxylic acids is 1. The summed E-state index contributed by atoms with van der Waals surface area (Å²) in [5.74, 6) is -1.15. The van der Waals surface area contributed by atoms with Gasteiger partial charge in [-0.2, -0.15) is 0 Å². The lowest BCUT2D eigenvalue weighted by atomic mass is 10.2. The van der Waals surface area contributed by atoms with Crippen molar-refractivity contribution in [3.05, 3.63) is 47.0 Å². The smallest absolute Gasteiger partial charge is 0.408 e. The molecule has 1 unspecified atom stereocenters. The molecule has 0 aliphatic heterocycles. The third-order valence-corrected chi connectivity index (χ3v) is 3.17. The number of aliphatic carboxylic acids is 1. The van der Waals surface area contributed by atoms with Gasteiger partial charge in [-0.3, -0.25) is 0 Å². The number of carbonyl (C=O) groups is 2. The first-order valence-corrected chi connectivity index (χ1v) is 6.95. The van der Waals surface area contributed by atoms with Gasteiger partial charge in [0.2, 0.25) is 0 Å². The molecule has 1 atom stereocenters. The number of benzene rings is 1. The molecule has 1 aromatic carbocycles. The van der Waals surface area contributed by atoms with Crippen molar-refractivity contribution in [2.75, 3.05) is 0 Å². The van der Waals surface area contributed by atoms with E-state index in [-0.39, 0.29) is 13.0 Å². The molecule has 2 aromatic rings. The van der Waals surface area contributed by atoms with E-state index >= 15 is 0 Å². The summed E-state index contributed by atoms with van der Waals surface area (Å²) in [7, 11) is 0. The second-order valence-electron chi connectivity index (χ2n) is 4.20. The van der Waals surface area contributed by atoms with E-state index in [2.05, 4.69) is 14.9 Å². The first kappa shape index (κ1) is 14.9. The van der Waals surface area contributed by atoms with E-state index in [9.17, 15) is 9.59 Å². The van der Waals surface area contributed by atoms with Crippen LogP contribution in [0.1, 0.15) is 11.3 Å². The quantitative estimate of drug-likeness (QED) is 0.838. The van der Waals surface area contributed by atoms with Crippen LogP contribution in [0.3, 0.4) is 0 Å². The second kappa shape index (κ2) is 7.34. The number of hydrogen-bond acceptors (Lipinski definition) is 6. The van der Waals surface area contributed by atoms with Crippen LogP contribution in [0, 0.1) is 0 Å². The number of rotatable bonds is 6. The Kier molecular flexibility index (Phi) is 5.22. The third kappa shape index (κ3) is 4.84. The van der Waals surface area contributed by atoms with Crippen LogP contribution < -0.4 is 5.32 Å². The maximum atomic E-state index is 11.6. The minimum absolute atomic E-state index is 0.0618. The van der Waals surface area contributed by atoms with Crippen LogP contribution in [0.5, 0.6) is 0 Å². The Morgan fingerprint density at radius 2 is 2.10 bits per heavy atom. The molecule has 0 aliphatic carbocycles. The van der Waals surface area contributed by atoms with Crippen molar-refractivity contribution in [3.63, 3.8) is 0 Å². The fraction of sp³-hybridized carbons (Fsp3) is 0.231. The molecule has 21 heavy (non-hydrogen) atoms. The van der Waals surface area contributed by atoms with Crippen molar-refractivity contribution in [2.45, 2.75) is 19.1 Å². The maximum absolute atomic E-state index is 11.6. The van der Waals surface area contributed by atoms with Crippen LogP contribution in [0.15, 0.2) is 35.7 Å². The molecule has 8 heteroatoms. The van der Waals surface area contributed by atoms with Crippen molar-refractivity contribution >= 4 is 23.6 Å². The van der Waals surface area contributed by atoms with E-state index in [4.69, 9.17) is 9.84 Å². The molecule has 1 amide bonds. The van der Waals surface area contributed by atoms with Gasteiger partial charge in [0.1, 0.15) is 12.6 Å². The minimum atomic E-state index is -1.15. The van der Waals surface area contributed by atoms with Gasteiger partial charge in [-0.15, -0.1) is 5.10 Å². The summed E-state index contributed by atoms with van der Waals surface area (Å²) < 4.78 is 8.63. The molecule has 1 heterocycles. The highest BCUT2D eigenvalue weighted by Gasteiger charge is 2.22. The summed E-state index contributed by atoms with van der Waals surface area (Å²) in [6, 6.07) is 8.02. The monoisotopic (exact) mass is 307 g/mol. The zero-order valence-electron chi connectivity index (χ0n) is 10.9. The number of amides is 1. The highest BCUT2D eigenvalue weighted by Crippen LogP contribution is 2.04. The second-order valence-corrected chi connectivity index (χ2v) is 4.81. The van der Waals surface area contributed by atoms with Crippen LogP contribution in [0.25, 0.3) is 0 Å². The zero-order valence-corrected chi connectivity index (χ0v) is 11.7. The number of nitrogens with zero attached hydrogens (tertiary/aromatic N) is 2. The Balaban J connectivity index is 1.85. The average Bonchev–Trinajstić information content (AvgIpc) is 2.98. The van der Waals surface area contributed by atoms with Gasteiger partial charge in [0.15, 0.2) is 0 Å². The highest BCUT2D eigenvalue weighted by molar-refractivity contribution is 7.03. The summed E-state index contributed by atoms with van der Waals surface area (Å²) >= 11 is 1.12. The predicted octanol–water partition coefficient (Wildman–Crippen LogP) is 1.46. The summed E-state index contributed by atoms with van der Waals surface area (Å²) in [4.78, 5) is 22.8. The van der Waals surface area contributed by atoms with E-state index in [1.165, 1.54) is 0 Å². The minimum Gasteiger partial charge on any atom is -0.480 e. The third-order valence-electron chi connectivity index (χ3n) is 2.62. The fourth-order valence-corrected chi connectivity index (χ4v) is 2.05. The fourth-order valence-electron chi connectivity index (χ4n) is 1.59. The predicted molar refractivity (Wildman–Crippen MR) is 74.8 cm³/mol. The van der Waals surface area contributed by atoms with Gasteiger partial charge in [-0.1, -0.05) is 34.8 Å². The Morgan fingerprint density at radius 3 is 2.71 bits per heavy atom. The molecule has 0 radical (unpaired) electrons. The van der Waals surface area contributed by atoms with Crippen molar-refractivity contribution in [1.82, 2.24) is 14.9 Å². The molecule has 2 N–H and O–H groups in total. The molecule has 1 aromatic heterocycles. The highest BCUT2D eigenvalue weighted by atomic mass is 32.1. The maximum Gasteiger partial charge on any atom is 0.408 e. The van der Waals surface area contributed by atoms with E-state index in [1.807, 2.05) is 30.3 Å². The summed E-state index contributed by atoms with van der Waals surface area (Å²) in [5.41, 5.74) is 1.33. The standard InChI is InChI=1S/C13H13N3O4S/c17-12(18)11(6-10-8-21-16-15-10)14-13(19)20-7-9-4-2-1-3-5-9/h1-5,8,11H,6-7H2,(H,14,19)(H,17,18). The van der Waals surface area contributed by atoms with Crippen molar-refractivity contribution < 1.29 is 19.4 Å². The van der Waals surface area contributed by atoms with Gasteiger partial charge >= 0.3 is 12.1 Å². The van der Waals surface area contributed by atoms with E-state index in [0.717, 1.165) is 17.1 Å². The Bertz CT molecular complexity index is 589. The number of hydrogen-bond donors (Lipinski definition) is 2. The molecule has 110 valence electrons. The van der Waals surface area contributed by atoms with Gasteiger partial charge in [0.05, 0.1) is 5.69 Å². The van der Waals surface area contributed by atoms with Gasteiger partial charge in [0.25, 0.3) is 0 Å². The van der Waals surface area contributed by atoms with Crippen LogP contribution >= 0.6 is 11.5 Å². The molecular formula is C13H13N3O4S. The number of nitrogens with one attached hydrogen (secondary N) is 1. The van der Waals surface area contributed by atoms with Crippen LogP contribution in [0.4, 0.5) is 4.79 Å². The average molecular weight is 307 g/mol. The molecular weight excluding hydrogens is 294 g/mol. The van der Waals surface area contributed by atoms with Gasteiger partial charge in [-0.25, -0.2) is 9.59 Å². The molecule has 0 saturated heterocycles. The Morgan fingerprint density at radius 1 is 1.33 bits per heavy atom. The lowest BCUT2D eigenvalue weighted by Crippen LogP contribution is -2.42. The number of carbonyl (C=O) groups excluding carboxylic acids is 1. The number of aromatic nitrogens is 2. The van der Waals surface area contributed by atoms with Crippen molar-refractivity contribution in [1.29, 1.82) is 0 Å².